The van der Waals surface area contributed by atoms with E-state index in [9.17, 15) is 24.4 Å². The molecule has 1 aliphatic carbocycles. The average Bonchev–Trinajstić information content (AvgIpc) is 3.34. The van der Waals surface area contributed by atoms with Crippen molar-refractivity contribution in [3.05, 3.63) is 52.6 Å². The molecule has 0 spiro atoms. The highest BCUT2D eigenvalue weighted by Crippen LogP contribution is 2.56. The minimum atomic E-state index is -4.13. The number of aliphatic hydroxyl groups is 1. The third-order valence-corrected chi connectivity index (χ3v) is 6.96. The monoisotopic (exact) mass is 490 g/mol. The van der Waals surface area contributed by atoms with Crippen LogP contribution in [0.1, 0.15) is 13.3 Å². The van der Waals surface area contributed by atoms with Crippen LogP contribution in [0.3, 0.4) is 0 Å². The number of nitrogen functional groups attached to an aromatic ring is 1. The van der Waals surface area contributed by atoms with E-state index in [2.05, 4.69) is 20.0 Å². The maximum Gasteiger partial charge on any atom is 0.459 e. The largest absolute Gasteiger partial charge is 0.480 e. The molecule has 180 valence electrons. The van der Waals surface area contributed by atoms with Gasteiger partial charge in [-0.05, 0) is 31.1 Å². The van der Waals surface area contributed by atoms with Crippen LogP contribution in [0.15, 0.2) is 47.0 Å². The molecular weight excluding hydrogens is 467 g/mol. The number of aliphatic carboxylic acids is 1. The Hall–Kier alpha value is -3.51. The van der Waals surface area contributed by atoms with Gasteiger partial charge in [-0.2, -0.15) is 10.1 Å². The van der Waals surface area contributed by atoms with E-state index in [-0.39, 0.29) is 36.1 Å². The Morgan fingerprint density at radius 1 is 1.44 bits per heavy atom. The van der Waals surface area contributed by atoms with Crippen molar-refractivity contribution in [1.82, 2.24) is 24.6 Å². The predicted octanol–water partition coefficient (Wildman–Crippen LogP) is 1.19. The molecule has 13 nitrogen and oxygen atoms in total. The number of aromatic amines is 1. The zero-order valence-corrected chi connectivity index (χ0v) is 18.9. The van der Waals surface area contributed by atoms with Crippen LogP contribution in [0.2, 0.25) is 0 Å². The molecule has 14 heteroatoms. The number of hydrogen-bond acceptors (Lipinski definition) is 9. The number of aliphatic hydroxyl groups excluding tert-OH is 1. The van der Waals surface area contributed by atoms with E-state index in [0.717, 1.165) is 0 Å². The number of benzene rings is 1. The van der Waals surface area contributed by atoms with Gasteiger partial charge in [-0.25, -0.2) is 9.55 Å². The van der Waals surface area contributed by atoms with Gasteiger partial charge in [-0.1, -0.05) is 18.2 Å². The summed E-state index contributed by atoms with van der Waals surface area (Å²) in [7, 11) is -4.13. The second-order valence-electron chi connectivity index (χ2n) is 7.91. The van der Waals surface area contributed by atoms with Crippen LogP contribution in [0.5, 0.6) is 5.75 Å². The van der Waals surface area contributed by atoms with E-state index in [0.29, 0.717) is 12.0 Å². The fourth-order valence-corrected chi connectivity index (χ4v) is 4.85. The highest BCUT2D eigenvalue weighted by atomic mass is 31.2. The standard InChI is InChI=1S/C20H23N6O7P/c1-12(18(29)30)25-34(31,33-14-5-3-2-4-6-14)32-10-20(9-27)7-13(20)8-26-11-22-15-16(26)23-19(21)24-17(15)28/h2-6,8,11-12,27H,7,9-10H2,1H3,(H,25,31)(H,29,30)(H3,21,23,24,28)/b13-8-/t12?,20-,34?/m0/s1. The zero-order chi connectivity index (χ0) is 24.5. The number of hydrogen-bond donors (Lipinski definition) is 5. The molecule has 34 heavy (non-hydrogen) atoms. The van der Waals surface area contributed by atoms with E-state index in [1.54, 1.807) is 36.5 Å². The maximum atomic E-state index is 13.4. The number of nitrogens with zero attached hydrogens (tertiary/aromatic N) is 3. The van der Waals surface area contributed by atoms with Gasteiger partial charge in [0.15, 0.2) is 11.2 Å². The van der Waals surface area contributed by atoms with Crippen molar-refractivity contribution in [1.29, 1.82) is 0 Å². The van der Waals surface area contributed by atoms with Crippen LogP contribution >= 0.6 is 7.75 Å². The summed E-state index contributed by atoms with van der Waals surface area (Å²) in [6.45, 7) is 0.754. The molecule has 0 aliphatic heterocycles. The van der Waals surface area contributed by atoms with Crippen LogP contribution in [-0.4, -0.2) is 55.0 Å². The van der Waals surface area contributed by atoms with E-state index in [1.807, 2.05) is 0 Å². The lowest BCUT2D eigenvalue weighted by Gasteiger charge is -2.23. The molecule has 0 bridgehead atoms. The first-order chi connectivity index (χ1) is 16.1. The summed E-state index contributed by atoms with van der Waals surface area (Å²) in [4.78, 5) is 33.7. The van der Waals surface area contributed by atoms with Gasteiger partial charge in [0.2, 0.25) is 5.95 Å². The van der Waals surface area contributed by atoms with Crippen molar-refractivity contribution >= 4 is 37.0 Å². The third kappa shape index (κ3) is 4.87. The Labute approximate surface area is 192 Å². The summed E-state index contributed by atoms with van der Waals surface area (Å²) < 4.78 is 25.9. The number of H-pyrrole nitrogens is 1. The van der Waals surface area contributed by atoms with E-state index in [4.69, 9.17) is 14.8 Å². The molecule has 1 saturated carbocycles. The maximum absolute atomic E-state index is 13.4. The van der Waals surface area contributed by atoms with Crippen LogP contribution in [0, 0.1) is 5.41 Å². The van der Waals surface area contributed by atoms with Gasteiger partial charge in [0, 0.05) is 11.6 Å². The molecule has 1 aromatic carbocycles. The lowest BCUT2D eigenvalue weighted by atomic mass is 10.1. The van der Waals surface area contributed by atoms with Gasteiger partial charge in [-0.15, -0.1) is 0 Å². The Balaban J connectivity index is 1.55. The van der Waals surface area contributed by atoms with E-state index < -0.39 is 30.7 Å². The molecule has 3 atom stereocenters. The first-order valence-electron chi connectivity index (χ1n) is 10.2. The molecule has 1 fully saturated rings. The fourth-order valence-electron chi connectivity index (χ4n) is 3.27. The van der Waals surface area contributed by atoms with Crippen molar-refractivity contribution in [3.8, 4) is 5.75 Å². The van der Waals surface area contributed by atoms with Crippen molar-refractivity contribution in [2.24, 2.45) is 5.41 Å². The van der Waals surface area contributed by atoms with Crippen molar-refractivity contribution in [2.75, 3.05) is 18.9 Å². The van der Waals surface area contributed by atoms with Crippen LogP contribution in [-0.2, 0) is 13.9 Å². The number of carboxylic acids is 1. The zero-order valence-electron chi connectivity index (χ0n) is 18.0. The van der Waals surface area contributed by atoms with Gasteiger partial charge in [0.25, 0.3) is 5.56 Å². The number of nitrogens with two attached hydrogens (primary N) is 1. The van der Waals surface area contributed by atoms with Crippen molar-refractivity contribution < 1.29 is 28.6 Å². The summed E-state index contributed by atoms with van der Waals surface area (Å²) in [5.41, 5.74) is 5.31. The summed E-state index contributed by atoms with van der Waals surface area (Å²) >= 11 is 0. The molecule has 2 unspecified atom stereocenters. The van der Waals surface area contributed by atoms with Crippen molar-refractivity contribution in [3.63, 3.8) is 0 Å². The number of anilines is 1. The SMILES string of the molecule is CC(NP(=O)(OC[C@@]1(CO)C/C1=C/n1cnc2c(=O)[nH]c(N)nc21)Oc1ccccc1)C(=O)O. The van der Waals surface area contributed by atoms with Crippen LogP contribution < -0.4 is 20.9 Å². The minimum Gasteiger partial charge on any atom is -0.480 e. The van der Waals surface area contributed by atoms with Gasteiger partial charge >= 0.3 is 13.7 Å². The van der Waals surface area contributed by atoms with Gasteiger partial charge in [-0.3, -0.25) is 23.7 Å². The highest BCUT2D eigenvalue weighted by Gasteiger charge is 2.51. The number of imidazole rings is 1. The Morgan fingerprint density at radius 3 is 2.85 bits per heavy atom. The van der Waals surface area contributed by atoms with Crippen LogP contribution in [0.4, 0.5) is 5.95 Å². The quantitative estimate of drug-likeness (QED) is 0.256. The molecule has 0 saturated heterocycles. The smallest absolute Gasteiger partial charge is 0.459 e. The number of aromatic nitrogens is 4. The normalized spacial score (nSPS) is 21.3. The number of para-hydroxylation sites is 1. The average molecular weight is 490 g/mol. The lowest BCUT2D eigenvalue weighted by molar-refractivity contribution is -0.138. The highest BCUT2D eigenvalue weighted by molar-refractivity contribution is 7.52. The summed E-state index contributed by atoms with van der Waals surface area (Å²) in [6, 6.07) is 6.96. The number of nitrogens with one attached hydrogen (secondary N) is 2. The third-order valence-electron chi connectivity index (χ3n) is 5.34. The number of carboxylic acid groups (broad SMARTS) is 1. The molecule has 0 radical (unpaired) electrons. The first-order valence-corrected chi connectivity index (χ1v) is 11.7. The second kappa shape index (κ2) is 9.03. The molecular formula is C20H23N6O7P. The fraction of sp³-hybridized carbons (Fsp3) is 0.300. The second-order valence-corrected chi connectivity index (χ2v) is 9.60. The van der Waals surface area contributed by atoms with Gasteiger partial charge in [0.05, 0.1) is 13.2 Å². The van der Waals surface area contributed by atoms with Gasteiger partial charge < -0.3 is 20.5 Å². The Kier molecular flexibility index (Phi) is 6.28. The molecule has 1 aliphatic rings. The van der Waals surface area contributed by atoms with Crippen molar-refractivity contribution in [2.45, 2.75) is 19.4 Å². The summed E-state index contributed by atoms with van der Waals surface area (Å²) in [5, 5.41) is 21.6. The molecule has 4 rings (SSSR count). The lowest BCUT2D eigenvalue weighted by Crippen LogP contribution is -2.34. The predicted molar refractivity (Wildman–Crippen MR) is 122 cm³/mol. The van der Waals surface area contributed by atoms with E-state index in [1.165, 1.54) is 17.8 Å². The summed E-state index contributed by atoms with van der Waals surface area (Å²) in [5.74, 6) is -1.08. The summed E-state index contributed by atoms with van der Waals surface area (Å²) in [6.07, 6.45) is 3.42. The molecule has 0 amide bonds. The number of fused-ring (bicyclic) bond motifs is 1. The molecule has 3 aromatic rings. The number of rotatable bonds is 10. The van der Waals surface area contributed by atoms with Crippen LogP contribution in [0.25, 0.3) is 17.4 Å². The molecule has 2 heterocycles. The Bertz CT molecular complexity index is 1350. The molecule has 6 N–H and O–H groups in total. The topological polar surface area (TPSA) is 195 Å². The van der Waals surface area contributed by atoms with Gasteiger partial charge in [0.1, 0.15) is 18.1 Å². The first kappa shape index (κ1) is 23.6. The van der Waals surface area contributed by atoms with E-state index >= 15 is 0 Å². The minimum absolute atomic E-state index is 0.0668. The Morgan fingerprint density at radius 2 is 2.18 bits per heavy atom. The molecule has 2 aromatic heterocycles. The number of carbonyl (C=O) groups is 1.